The lowest BCUT2D eigenvalue weighted by Gasteiger charge is -2.19. The Morgan fingerprint density at radius 2 is 1.59 bits per heavy atom. The fourth-order valence-corrected chi connectivity index (χ4v) is 3.84. The van der Waals surface area contributed by atoms with Gasteiger partial charge in [-0.25, -0.2) is 8.42 Å². The zero-order valence-corrected chi connectivity index (χ0v) is 15.1. The number of hydrogen-bond acceptors (Lipinski definition) is 2. The number of H-pyrrole nitrogens is 1. The van der Waals surface area contributed by atoms with Gasteiger partial charge in [0.25, 0.3) is 0 Å². The third-order valence-corrected chi connectivity index (χ3v) is 5.55. The van der Waals surface area contributed by atoms with Crippen molar-refractivity contribution >= 4 is 10.0 Å². The van der Waals surface area contributed by atoms with Gasteiger partial charge in [-0.2, -0.15) is 17.9 Å². The molecule has 0 spiro atoms. The van der Waals surface area contributed by atoms with E-state index in [1.165, 1.54) is 24.3 Å². The second-order valence-corrected chi connectivity index (χ2v) is 7.83. The first-order chi connectivity index (χ1) is 12.7. The Morgan fingerprint density at radius 3 is 2.11 bits per heavy atom. The Morgan fingerprint density at radius 1 is 0.963 bits per heavy atom. The van der Waals surface area contributed by atoms with Gasteiger partial charge in [-0.1, -0.05) is 29.8 Å². The normalized spacial score (nSPS) is 13.5. The van der Waals surface area contributed by atoms with E-state index in [1.807, 2.05) is 6.92 Å². The first-order valence-corrected chi connectivity index (χ1v) is 9.54. The Labute approximate surface area is 155 Å². The predicted molar refractivity (Wildman–Crippen MR) is 95.6 cm³/mol. The van der Waals surface area contributed by atoms with Crippen LogP contribution >= 0.6 is 0 Å². The van der Waals surface area contributed by atoms with Gasteiger partial charge in [-0.05, 0) is 48.9 Å². The predicted octanol–water partition coefficient (Wildman–Crippen LogP) is 4.41. The molecule has 1 heterocycles. The van der Waals surface area contributed by atoms with Crippen molar-refractivity contribution in [1.29, 1.82) is 0 Å². The molecule has 0 saturated heterocycles. The molecule has 1 aromatic heterocycles. The second kappa shape index (κ2) is 7.21. The van der Waals surface area contributed by atoms with E-state index in [9.17, 15) is 21.6 Å². The summed E-state index contributed by atoms with van der Waals surface area (Å²) in [6.45, 7) is 1.84. The minimum absolute atomic E-state index is 0.0802. The van der Waals surface area contributed by atoms with Crippen molar-refractivity contribution in [1.82, 2.24) is 9.71 Å². The highest BCUT2D eigenvalue weighted by molar-refractivity contribution is 7.89. The van der Waals surface area contributed by atoms with Gasteiger partial charge in [0, 0.05) is 11.9 Å². The van der Waals surface area contributed by atoms with E-state index in [1.54, 1.807) is 30.5 Å². The van der Waals surface area contributed by atoms with Gasteiger partial charge in [0.15, 0.2) is 0 Å². The smallest absolute Gasteiger partial charge is 0.363 e. The Kier molecular flexibility index (Phi) is 5.12. The molecule has 3 aromatic rings. The average molecular weight is 394 g/mol. The highest BCUT2D eigenvalue weighted by atomic mass is 32.2. The standard InChI is InChI=1S/C19H17F3N2O2S/c1-13-4-10-16(11-5-13)27(25,26)24-18(17-3-2-12-23-17)14-6-8-15(9-7-14)19(20,21)22/h2-12,18,23-24H,1H3. The summed E-state index contributed by atoms with van der Waals surface area (Å²) in [5, 5.41) is 0. The minimum atomic E-state index is -4.46. The fourth-order valence-electron chi connectivity index (χ4n) is 2.64. The molecule has 1 unspecified atom stereocenters. The number of hydrogen-bond donors (Lipinski definition) is 2. The molecule has 0 saturated carbocycles. The fraction of sp³-hybridized carbons (Fsp3) is 0.158. The van der Waals surface area contributed by atoms with Crippen LogP contribution in [0.4, 0.5) is 13.2 Å². The number of rotatable bonds is 5. The molecule has 2 N–H and O–H groups in total. The topological polar surface area (TPSA) is 62.0 Å². The van der Waals surface area contributed by atoms with E-state index in [4.69, 9.17) is 0 Å². The van der Waals surface area contributed by atoms with Gasteiger partial charge in [-0.3, -0.25) is 0 Å². The number of aryl methyl sites for hydroxylation is 1. The number of aromatic nitrogens is 1. The second-order valence-electron chi connectivity index (χ2n) is 6.11. The number of benzene rings is 2. The summed E-state index contributed by atoms with van der Waals surface area (Å²) in [5.41, 5.74) is 1.03. The van der Waals surface area contributed by atoms with Crippen LogP contribution < -0.4 is 4.72 Å². The van der Waals surface area contributed by atoms with Crippen molar-refractivity contribution in [2.45, 2.75) is 24.0 Å². The van der Waals surface area contributed by atoms with Gasteiger partial charge in [-0.15, -0.1) is 0 Å². The van der Waals surface area contributed by atoms with Crippen LogP contribution in [-0.2, 0) is 16.2 Å². The van der Waals surface area contributed by atoms with Crippen molar-refractivity contribution in [3.63, 3.8) is 0 Å². The molecule has 1 atom stereocenters. The zero-order valence-electron chi connectivity index (χ0n) is 14.3. The maximum absolute atomic E-state index is 12.8. The van der Waals surface area contributed by atoms with E-state index < -0.39 is 27.8 Å². The van der Waals surface area contributed by atoms with Crippen molar-refractivity contribution in [2.24, 2.45) is 0 Å². The van der Waals surface area contributed by atoms with Gasteiger partial charge < -0.3 is 4.98 Å². The highest BCUT2D eigenvalue weighted by Crippen LogP contribution is 2.31. The van der Waals surface area contributed by atoms with E-state index in [2.05, 4.69) is 9.71 Å². The van der Waals surface area contributed by atoms with Crippen LogP contribution in [0.25, 0.3) is 0 Å². The molecule has 142 valence electrons. The molecule has 4 nitrogen and oxygen atoms in total. The van der Waals surface area contributed by atoms with E-state index in [0.717, 1.165) is 17.7 Å². The number of sulfonamides is 1. The molecule has 0 aliphatic carbocycles. The van der Waals surface area contributed by atoms with Crippen molar-refractivity contribution in [3.8, 4) is 0 Å². The molecule has 27 heavy (non-hydrogen) atoms. The lowest BCUT2D eigenvalue weighted by Crippen LogP contribution is -2.29. The lowest BCUT2D eigenvalue weighted by atomic mass is 10.0. The van der Waals surface area contributed by atoms with Crippen LogP contribution in [0.15, 0.2) is 71.8 Å². The molecule has 2 aromatic carbocycles. The van der Waals surface area contributed by atoms with Crippen molar-refractivity contribution in [2.75, 3.05) is 0 Å². The molecule has 0 amide bonds. The first-order valence-electron chi connectivity index (χ1n) is 8.06. The largest absolute Gasteiger partial charge is 0.416 e. The summed E-state index contributed by atoms with van der Waals surface area (Å²) < 4.78 is 66.5. The monoisotopic (exact) mass is 394 g/mol. The minimum Gasteiger partial charge on any atom is -0.363 e. The summed E-state index contributed by atoms with van der Waals surface area (Å²) in [7, 11) is -3.88. The number of aromatic amines is 1. The molecular weight excluding hydrogens is 377 g/mol. The number of alkyl halides is 3. The Hall–Kier alpha value is -2.58. The molecule has 0 bridgehead atoms. The van der Waals surface area contributed by atoms with Crippen molar-refractivity contribution < 1.29 is 21.6 Å². The quantitative estimate of drug-likeness (QED) is 0.673. The first kappa shape index (κ1) is 19.2. The summed E-state index contributed by atoms with van der Waals surface area (Å²) in [4.78, 5) is 2.99. The van der Waals surface area contributed by atoms with Gasteiger partial charge >= 0.3 is 6.18 Å². The summed E-state index contributed by atoms with van der Waals surface area (Å²) >= 11 is 0. The number of halogens is 3. The van der Waals surface area contributed by atoms with Crippen LogP contribution in [0.1, 0.15) is 28.4 Å². The summed E-state index contributed by atoms with van der Waals surface area (Å²) in [6, 6.07) is 13.2. The third-order valence-electron chi connectivity index (χ3n) is 4.11. The Bertz CT molecular complexity index is 995. The van der Waals surface area contributed by atoms with Crippen LogP contribution in [0, 0.1) is 6.92 Å². The molecular formula is C19H17F3N2O2S. The van der Waals surface area contributed by atoms with E-state index in [0.29, 0.717) is 11.3 Å². The zero-order chi connectivity index (χ0) is 19.7. The molecule has 3 rings (SSSR count). The maximum Gasteiger partial charge on any atom is 0.416 e. The average Bonchev–Trinajstić information content (AvgIpc) is 3.14. The number of nitrogens with one attached hydrogen (secondary N) is 2. The molecule has 0 radical (unpaired) electrons. The van der Waals surface area contributed by atoms with Gasteiger partial charge in [0.2, 0.25) is 10.0 Å². The highest BCUT2D eigenvalue weighted by Gasteiger charge is 2.31. The van der Waals surface area contributed by atoms with Crippen LogP contribution in [0.5, 0.6) is 0 Å². The lowest BCUT2D eigenvalue weighted by molar-refractivity contribution is -0.137. The SMILES string of the molecule is Cc1ccc(S(=O)(=O)NC(c2ccc(C(F)(F)F)cc2)c2ccc[nH]2)cc1. The van der Waals surface area contributed by atoms with Crippen LogP contribution in [-0.4, -0.2) is 13.4 Å². The molecule has 8 heteroatoms. The van der Waals surface area contributed by atoms with Crippen LogP contribution in [0.2, 0.25) is 0 Å². The van der Waals surface area contributed by atoms with Crippen molar-refractivity contribution in [3.05, 3.63) is 89.2 Å². The maximum atomic E-state index is 12.8. The molecule has 0 fully saturated rings. The molecule has 0 aliphatic rings. The van der Waals surface area contributed by atoms with E-state index in [-0.39, 0.29) is 4.90 Å². The van der Waals surface area contributed by atoms with Crippen LogP contribution in [0.3, 0.4) is 0 Å². The van der Waals surface area contributed by atoms with Gasteiger partial charge in [0.05, 0.1) is 16.5 Å². The van der Waals surface area contributed by atoms with Gasteiger partial charge in [0.1, 0.15) is 0 Å². The summed E-state index contributed by atoms with van der Waals surface area (Å²) in [5.74, 6) is 0. The Balaban J connectivity index is 1.97. The third kappa shape index (κ3) is 4.40. The summed E-state index contributed by atoms with van der Waals surface area (Å²) in [6.07, 6.45) is -2.84. The van der Waals surface area contributed by atoms with E-state index >= 15 is 0 Å². The molecule has 0 aliphatic heterocycles.